The van der Waals surface area contributed by atoms with Gasteiger partial charge in [0.25, 0.3) is 0 Å². The van der Waals surface area contributed by atoms with Gasteiger partial charge in [0, 0.05) is 24.4 Å². The average Bonchev–Trinajstić information content (AvgIpc) is 3.44. The number of hydrogen-bond donors (Lipinski definition) is 2. The summed E-state index contributed by atoms with van der Waals surface area (Å²) in [7, 11) is 1.57. The monoisotopic (exact) mass is 544 g/mol. The molecule has 1 amide bonds. The lowest BCUT2D eigenvalue weighted by Crippen LogP contribution is -2.45. The van der Waals surface area contributed by atoms with Crippen LogP contribution in [-0.2, 0) is 23.3 Å². The van der Waals surface area contributed by atoms with Crippen molar-refractivity contribution in [3.63, 3.8) is 0 Å². The van der Waals surface area contributed by atoms with Crippen molar-refractivity contribution in [3.05, 3.63) is 93.9 Å². The number of aryl methyl sites for hydroxylation is 1. The van der Waals surface area contributed by atoms with Gasteiger partial charge in [-0.15, -0.1) is 0 Å². The molecule has 2 aromatic heterocycles. The van der Waals surface area contributed by atoms with Crippen molar-refractivity contribution in [1.82, 2.24) is 20.4 Å². The third-order valence-corrected chi connectivity index (χ3v) is 7.34. The van der Waals surface area contributed by atoms with E-state index in [0.29, 0.717) is 48.8 Å². The highest BCUT2D eigenvalue weighted by Gasteiger charge is 2.43. The second kappa shape index (κ2) is 11.7. The predicted molar refractivity (Wildman–Crippen MR) is 147 cm³/mol. The second-order valence-electron chi connectivity index (χ2n) is 10.1. The van der Waals surface area contributed by atoms with Crippen LogP contribution in [0.5, 0.6) is 11.5 Å². The van der Waals surface area contributed by atoms with Crippen LogP contribution < -0.4 is 15.5 Å². The Balaban J connectivity index is 1.31. The van der Waals surface area contributed by atoms with Crippen molar-refractivity contribution in [2.24, 2.45) is 0 Å². The normalized spacial score (nSPS) is 15.1. The summed E-state index contributed by atoms with van der Waals surface area (Å²) in [4.78, 5) is 32.4. The van der Waals surface area contributed by atoms with Crippen molar-refractivity contribution in [3.8, 4) is 22.9 Å². The highest BCUT2D eigenvalue weighted by Crippen LogP contribution is 2.42. The van der Waals surface area contributed by atoms with Crippen molar-refractivity contribution >= 4 is 5.91 Å². The van der Waals surface area contributed by atoms with E-state index in [1.54, 1.807) is 20.1 Å². The van der Waals surface area contributed by atoms with Gasteiger partial charge in [-0.2, -0.15) is 4.98 Å². The SMILES string of the molecule is COc1ccccc1-c1noc(CNC(=O)CC2(c3oc(C)cc(=O)c3O)CCN(Cc3ccccc3)CC2)n1. The van der Waals surface area contributed by atoms with Gasteiger partial charge < -0.3 is 24.1 Å². The van der Waals surface area contributed by atoms with E-state index in [1.807, 2.05) is 36.4 Å². The molecule has 10 nitrogen and oxygen atoms in total. The number of piperidine rings is 1. The Morgan fingerprint density at radius 2 is 1.85 bits per heavy atom. The Morgan fingerprint density at radius 3 is 2.60 bits per heavy atom. The molecule has 0 radical (unpaired) electrons. The van der Waals surface area contributed by atoms with Crippen LogP contribution in [0.25, 0.3) is 11.4 Å². The zero-order valence-corrected chi connectivity index (χ0v) is 22.6. The zero-order chi connectivity index (χ0) is 28.1. The lowest BCUT2D eigenvalue weighted by Gasteiger charge is -2.40. The molecule has 1 fully saturated rings. The van der Waals surface area contributed by atoms with E-state index < -0.39 is 16.6 Å². The molecule has 1 aliphatic heterocycles. The number of amides is 1. The lowest BCUT2D eigenvalue weighted by molar-refractivity contribution is -0.123. The first-order valence-electron chi connectivity index (χ1n) is 13.2. The summed E-state index contributed by atoms with van der Waals surface area (Å²) in [6.45, 7) is 3.81. The van der Waals surface area contributed by atoms with Gasteiger partial charge in [-0.3, -0.25) is 14.5 Å². The average molecular weight is 545 g/mol. The van der Waals surface area contributed by atoms with Crippen molar-refractivity contribution in [2.45, 2.75) is 44.7 Å². The maximum absolute atomic E-state index is 13.3. The van der Waals surface area contributed by atoms with Crippen molar-refractivity contribution in [1.29, 1.82) is 0 Å². The number of carbonyl (C=O) groups is 1. The van der Waals surface area contributed by atoms with Crippen molar-refractivity contribution in [2.75, 3.05) is 20.2 Å². The van der Waals surface area contributed by atoms with E-state index in [2.05, 4.69) is 32.5 Å². The van der Waals surface area contributed by atoms with Gasteiger partial charge in [0.05, 0.1) is 19.2 Å². The summed E-state index contributed by atoms with van der Waals surface area (Å²) in [5, 5.41) is 17.6. The zero-order valence-electron chi connectivity index (χ0n) is 22.6. The van der Waals surface area contributed by atoms with Crippen LogP contribution in [0.1, 0.15) is 42.2 Å². The van der Waals surface area contributed by atoms with Crippen LogP contribution in [0.3, 0.4) is 0 Å². The second-order valence-corrected chi connectivity index (χ2v) is 10.1. The molecule has 2 aromatic carbocycles. The quantitative estimate of drug-likeness (QED) is 0.321. The minimum atomic E-state index is -0.843. The number of methoxy groups -OCH3 is 1. The first-order chi connectivity index (χ1) is 19.4. The Hall–Kier alpha value is -4.44. The fourth-order valence-electron chi connectivity index (χ4n) is 5.24. The van der Waals surface area contributed by atoms with Gasteiger partial charge in [-0.25, -0.2) is 0 Å². The largest absolute Gasteiger partial charge is 0.502 e. The molecule has 208 valence electrons. The molecule has 0 spiro atoms. The number of likely N-dealkylation sites (tertiary alicyclic amines) is 1. The first-order valence-corrected chi connectivity index (χ1v) is 13.2. The molecule has 0 aliphatic carbocycles. The summed E-state index contributed by atoms with van der Waals surface area (Å²) < 4.78 is 16.6. The minimum Gasteiger partial charge on any atom is -0.502 e. The number of benzene rings is 2. The third kappa shape index (κ3) is 5.91. The number of para-hydroxylation sites is 1. The highest BCUT2D eigenvalue weighted by atomic mass is 16.5. The van der Waals surface area contributed by atoms with E-state index in [-0.39, 0.29) is 30.5 Å². The molecule has 5 rings (SSSR count). The molecule has 1 saturated heterocycles. The summed E-state index contributed by atoms with van der Waals surface area (Å²) in [6.07, 6.45) is 1.09. The minimum absolute atomic E-state index is 0.0274. The standard InChI is InChI=1S/C30H32N4O6/c1-20-16-23(35)27(37)28(39-20)30(12-14-34(15-13-30)19-21-8-4-3-5-9-21)17-25(36)31-18-26-32-29(33-40-26)22-10-6-7-11-24(22)38-2/h3-11,16,37H,12-15,17-19H2,1-2H3,(H,31,36). The van der Waals surface area contributed by atoms with Crippen LogP contribution in [0, 0.1) is 6.92 Å². The number of carbonyl (C=O) groups excluding carboxylic acids is 1. The number of aromatic hydroxyl groups is 1. The molecular formula is C30H32N4O6. The van der Waals surface area contributed by atoms with Crippen LogP contribution in [0.15, 0.2) is 74.4 Å². The van der Waals surface area contributed by atoms with E-state index in [0.717, 1.165) is 6.54 Å². The molecule has 0 bridgehead atoms. The first kappa shape index (κ1) is 27.1. The van der Waals surface area contributed by atoms with E-state index in [4.69, 9.17) is 13.7 Å². The molecule has 4 aromatic rings. The van der Waals surface area contributed by atoms with Crippen molar-refractivity contribution < 1.29 is 23.6 Å². The molecule has 0 unspecified atom stereocenters. The number of aromatic nitrogens is 2. The molecule has 40 heavy (non-hydrogen) atoms. The summed E-state index contributed by atoms with van der Waals surface area (Å²) >= 11 is 0. The molecule has 2 N–H and O–H groups in total. The fraction of sp³-hybridized carbons (Fsp3) is 0.333. The Morgan fingerprint density at radius 1 is 1.12 bits per heavy atom. The van der Waals surface area contributed by atoms with Crippen LogP contribution in [0.4, 0.5) is 0 Å². The van der Waals surface area contributed by atoms with Crippen LogP contribution in [0.2, 0.25) is 0 Å². The Labute approximate surface area is 231 Å². The number of nitrogens with zero attached hydrogens (tertiary/aromatic N) is 3. The fourth-order valence-corrected chi connectivity index (χ4v) is 5.24. The lowest BCUT2D eigenvalue weighted by atomic mass is 9.72. The number of hydrogen-bond acceptors (Lipinski definition) is 9. The molecule has 0 saturated carbocycles. The van der Waals surface area contributed by atoms with Crippen LogP contribution >= 0.6 is 0 Å². The molecule has 0 atom stereocenters. The van der Waals surface area contributed by atoms with Crippen LogP contribution in [-0.4, -0.2) is 46.3 Å². The molecule has 1 aliphatic rings. The number of nitrogens with one attached hydrogen (secondary N) is 1. The maximum Gasteiger partial charge on any atom is 0.246 e. The van der Waals surface area contributed by atoms with E-state index >= 15 is 0 Å². The van der Waals surface area contributed by atoms with Gasteiger partial charge in [0.2, 0.25) is 28.8 Å². The van der Waals surface area contributed by atoms with E-state index in [1.165, 1.54) is 11.6 Å². The molecular weight excluding hydrogens is 512 g/mol. The van der Waals surface area contributed by atoms with Gasteiger partial charge in [0.1, 0.15) is 11.5 Å². The van der Waals surface area contributed by atoms with Gasteiger partial charge in [0.15, 0.2) is 5.76 Å². The Bertz CT molecular complexity index is 1520. The highest BCUT2D eigenvalue weighted by molar-refractivity contribution is 5.77. The predicted octanol–water partition coefficient (Wildman–Crippen LogP) is 3.95. The number of rotatable bonds is 9. The van der Waals surface area contributed by atoms with Gasteiger partial charge in [-0.1, -0.05) is 47.6 Å². The summed E-state index contributed by atoms with van der Waals surface area (Å²) in [5.41, 5.74) is 0.520. The van der Waals surface area contributed by atoms with Gasteiger partial charge >= 0.3 is 0 Å². The Kier molecular flexibility index (Phi) is 7.97. The van der Waals surface area contributed by atoms with E-state index in [9.17, 15) is 14.7 Å². The maximum atomic E-state index is 13.3. The summed E-state index contributed by atoms with van der Waals surface area (Å²) in [5.74, 6) is 1.05. The third-order valence-electron chi connectivity index (χ3n) is 7.34. The van der Waals surface area contributed by atoms with Gasteiger partial charge in [-0.05, 0) is 50.6 Å². The molecule has 3 heterocycles. The summed E-state index contributed by atoms with van der Waals surface area (Å²) in [6, 6.07) is 18.7. The smallest absolute Gasteiger partial charge is 0.246 e. The topological polar surface area (TPSA) is 131 Å². The molecule has 10 heteroatoms. The number of ether oxygens (including phenoxy) is 1.